The third-order valence-corrected chi connectivity index (χ3v) is 5.16. The summed E-state index contributed by atoms with van der Waals surface area (Å²) >= 11 is 0. The van der Waals surface area contributed by atoms with Crippen molar-refractivity contribution in [1.82, 2.24) is 15.1 Å². The molecule has 7 nitrogen and oxygen atoms in total. The van der Waals surface area contributed by atoms with Gasteiger partial charge >= 0.3 is 0 Å². The Morgan fingerprint density at radius 2 is 1.55 bits per heavy atom. The monoisotopic (exact) mass is 422 g/mol. The fourth-order valence-electron chi connectivity index (χ4n) is 3.45. The quantitative estimate of drug-likeness (QED) is 0.718. The Kier molecular flexibility index (Phi) is 7.78. The van der Waals surface area contributed by atoms with E-state index in [1.165, 1.54) is 0 Å². The summed E-state index contributed by atoms with van der Waals surface area (Å²) in [5.74, 6) is -0.00577. The molecule has 164 valence electrons. The third kappa shape index (κ3) is 6.39. The fraction of sp³-hybridized carbons (Fsp3) is 0.375. The Labute approximate surface area is 183 Å². The van der Waals surface area contributed by atoms with E-state index in [1.807, 2.05) is 54.0 Å². The molecule has 2 aromatic carbocycles. The third-order valence-electron chi connectivity index (χ3n) is 5.16. The fourth-order valence-corrected chi connectivity index (χ4v) is 3.45. The van der Waals surface area contributed by atoms with Crippen LogP contribution in [0.5, 0.6) is 0 Å². The minimum atomic E-state index is -0.197. The topological polar surface area (TPSA) is 81.8 Å². The molecule has 0 unspecified atom stereocenters. The van der Waals surface area contributed by atoms with Crippen LogP contribution in [0.3, 0.4) is 0 Å². The van der Waals surface area contributed by atoms with Gasteiger partial charge in [0.25, 0.3) is 11.8 Å². The minimum absolute atomic E-state index is 0.0195. The second-order valence-corrected chi connectivity index (χ2v) is 8.13. The Morgan fingerprint density at radius 3 is 2.23 bits per heavy atom. The van der Waals surface area contributed by atoms with Gasteiger partial charge in [-0.05, 0) is 30.2 Å². The van der Waals surface area contributed by atoms with E-state index in [1.54, 1.807) is 24.3 Å². The van der Waals surface area contributed by atoms with Crippen LogP contribution >= 0.6 is 0 Å². The molecule has 1 aliphatic rings. The maximum Gasteiger partial charge on any atom is 0.253 e. The molecule has 2 aromatic rings. The zero-order valence-electron chi connectivity index (χ0n) is 18.1. The van der Waals surface area contributed by atoms with E-state index >= 15 is 0 Å². The number of hydrogen-bond acceptors (Lipinski definition) is 4. The lowest BCUT2D eigenvalue weighted by molar-refractivity contribution is -0.117. The summed E-state index contributed by atoms with van der Waals surface area (Å²) in [6.45, 7) is 7.26. The number of carbonyl (C=O) groups is 3. The highest BCUT2D eigenvalue weighted by molar-refractivity contribution is 6.04. The second kappa shape index (κ2) is 10.7. The average molecular weight is 423 g/mol. The molecular formula is C24H30N4O3. The predicted molar refractivity (Wildman–Crippen MR) is 121 cm³/mol. The first-order chi connectivity index (χ1) is 14.9. The van der Waals surface area contributed by atoms with Crippen LogP contribution in [0.15, 0.2) is 54.6 Å². The SMILES string of the molecule is CC(C)CNC(=O)c1ccccc1NC(=O)CN1CCN(C(=O)c2ccccc2)CC1. The highest BCUT2D eigenvalue weighted by Crippen LogP contribution is 2.15. The zero-order chi connectivity index (χ0) is 22.2. The van der Waals surface area contributed by atoms with Crippen molar-refractivity contribution in [3.63, 3.8) is 0 Å². The Bertz CT molecular complexity index is 906. The number of benzene rings is 2. The number of para-hydroxylation sites is 1. The van der Waals surface area contributed by atoms with E-state index in [2.05, 4.69) is 10.6 Å². The second-order valence-electron chi connectivity index (χ2n) is 8.13. The van der Waals surface area contributed by atoms with Gasteiger partial charge in [0, 0.05) is 38.3 Å². The van der Waals surface area contributed by atoms with Gasteiger partial charge in [-0.25, -0.2) is 0 Å². The van der Waals surface area contributed by atoms with E-state index in [0.29, 0.717) is 55.5 Å². The normalized spacial score (nSPS) is 14.4. The van der Waals surface area contributed by atoms with Crippen molar-refractivity contribution in [2.45, 2.75) is 13.8 Å². The molecule has 0 atom stereocenters. The first kappa shape index (κ1) is 22.5. The summed E-state index contributed by atoms with van der Waals surface area (Å²) in [7, 11) is 0. The molecule has 31 heavy (non-hydrogen) atoms. The Balaban J connectivity index is 1.51. The molecule has 7 heteroatoms. The molecule has 1 aliphatic heterocycles. The molecule has 2 N–H and O–H groups in total. The minimum Gasteiger partial charge on any atom is -0.352 e. The van der Waals surface area contributed by atoms with Gasteiger partial charge in [-0.1, -0.05) is 44.2 Å². The molecule has 0 radical (unpaired) electrons. The standard InChI is InChI=1S/C24H30N4O3/c1-18(2)16-25-23(30)20-10-6-7-11-21(20)26-22(29)17-27-12-14-28(15-13-27)24(31)19-8-4-3-5-9-19/h3-11,18H,12-17H2,1-2H3,(H,25,30)(H,26,29). The van der Waals surface area contributed by atoms with Crippen LogP contribution in [0.25, 0.3) is 0 Å². The van der Waals surface area contributed by atoms with Crippen LogP contribution in [0, 0.1) is 5.92 Å². The van der Waals surface area contributed by atoms with Gasteiger partial charge in [-0.15, -0.1) is 0 Å². The van der Waals surface area contributed by atoms with Gasteiger partial charge in [-0.3, -0.25) is 19.3 Å². The van der Waals surface area contributed by atoms with E-state index in [9.17, 15) is 14.4 Å². The van der Waals surface area contributed by atoms with Gasteiger partial charge in [0.1, 0.15) is 0 Å². The molecule has 1 saturated heterocycles. The lowest BCUT2D eigenvalue weighted by Gasteiger charge is -2.34. The Morgan fingerprint density at radius 1 is 0.903 bits per heavy atom. The van der Waals surface area contributed by atoms with Gasteiger partial charge in [0.2, 0.25) is 5.91 Å². The number of nitrogens with zero attached hydrogens (tertiary/aromatic N) is 2. The van der Waals surface area contributed by atoms with E-state index in [0.717, 1.165) is 0 Å². The summed E-state index contributed by atoms with van der Waals surface area (Å²) in [5, 5.41) is 5.75. The van der Waals surface area contributed by atoms with E-state index in [4.69, 9.17) is 0 Å². The summed E-state index contributed by atoms with van der Waals surface area (Å²) in [4.78, 5) is 41.4. The van der Waals surface area contributed by atoms with Gasteiger partial charge < -0.3 is 15.5 Å². The summed E-state index contributed by atoms with van der Waals surface area (Å²) in [6.07, 6.45) is 0. The molecule has 0 aromatic heterocycles. The predicted octanol–water partition coefficient (Wildman–Crippen LogP) is 2.47. The maximum atomic E-state index is 12.6. The van der Waals surface area contributed by atoms with Crippen molar-refractivity contribution >= 4 is 23.4 Å². The van der Waals surface area contributed by atoms with Crippen LogP contribution in [0.1, 0.15) is 34.6 Å². The van der Waals surface area contributed by atoms with Crippen molar-refractivity contribution < 1.29 is 14.4 Å². The van der Waals surface area contributed by atoms with Crippen LogP contribution in [-0.2, 0) is 4.79 Å². The number of amides is 3. The van der Waals surface area contributed by atoms with Crippen LogP contribution < -0.4 is 10.6 Å². The molecular weight excluding hydrogens is 392 g/mol. The summed E-state index contributed by atoms with van der Waals surface area (Å²) in [5.41, 5.74) is 1.64. The molecule has 1 fully saturated rings. The number of hydrogen-bond donors (Lipinski definition) is 2. The average Bonchev–Trinajstić information content (AvgIpc) is 2.78. The molecule has 0 bridgehead atoms. The summed E-state index contributed by atoms with van der Waals surface area (Å²) < 4.78 is 0. The van der Waals surface area contributed by atoms with Gasteiger partial charge in [0.15, 0.2) is 0 Å². The van der Waals surface area contributed by atoms with Crippen LogP contribution in [0.2, 0.25) is 0 Å². The smallest absolute Gasteiger partial charge is 0.253 e. The molecule has 3 amide bonds. The molecule has 0 aliphatic carbocycles. The van der Waals surface area contributed by atoms with Crippen LogP contribution in [0.4, 0.5) is 5.69 Å². The molecule has 0 spiro atoms. The molecule has 0 saturated carbocycles. The van der Waals surface area contributed by atoms with Crippen LogP contribution in [-0.4, -0.2) is 66.8 Å². The summed E-state index contributed by atoms with van der Waals surface area (Å²) in [6, 6.07) is 16.3. The first-order valence-corrected chi connectivity index (χ1v) is 10.7. The number of piperazine rings is 1. The van der Waals surface area contributed by atoms with E-state index in [-0.39, 0.29) is 24.3 Å². The van der Waals surface area contributed by atoms with Gasteiger partial charge in [0.05, 0.1) is 17.8 Å². The van der Waals surface area contributed by atoms with E-state index < -0.39 is 0 Å². The highest BCUT2D eigenvalue weighted by atomic mass is 16.2. The largest absolute Gasteiger partial charge is 0.352 e. The van der Waals surface area contributed by atoms with Crippen molar-refractivity contribution in [1.29, 1.82) is 0 Å². The first-order valence-electron chi connectivity index (χ1n) is 10.7. The molecule has 1 heterocycles. The van der Waals surface area contributed by atoms with Crippen molar-refractivity contribution in [2.75, 3.05) is 44.6 Å². The van der Waals surface area contributed by atoms with Gasteiger partial charge in [-0.2, -0.15) is 0 Å². The molecule has 3 rings (SSSR count). The lowest BCUT2D eigenvalue weighted by Crippen LogP contribution is -2.50. The van der Waals surface area contributed by atoms with Crippen molar-refractivity contribution in [2.24, 2.45) is 5.92 Å². The Hall–Kier alpha value is -3.19. The maximum absolute atomic E-state index is 12.6. The van der Waals surface area contributed by atoms with Crippen molar-refractivity contribution in [3.05, 3.63) is 65.7 Å². The number of anilines is 1. The number of rotatable bonds is 7. The lowest BCUT2D eigenvalue weighted by atomic mass is 10.1. The highest BCUT2D eigenvalue weighted by Gasteiger charge is 2.23. The number of carbonyl (C=O) groups excluding carboxylic acids is 3. The number of nitrogens with one attached hydrogen (secondary N) is 2. The van der Waals surface area contributed by atoms with Crippen molar-refractivity contribution in [3.8, 4) is 0 Å². The zero-order valence-corrected chi connectivity index (χ0v) is 18.1.